The maximum absolute atomic E-state index is 12.5. The van der Waals surface area contributed by atoms with E-state index in [9.17, 15) is 9.59 Å². The molecule has 0 aliphatic heterocycles. The molecule has 7 nitrogen and oxygen atoms in total. The van der Waals surface area contributed by atoms with Crippen molar-refractivity contribution in [3.63, 3.8) is 0 Å². The Balaban J connectivity index is 1.50. The van der Waals surface area contributed by atoms with Gasteiger partial charge in [-0.05, 0) is 30.2 Å². The van der Waals surface area contributed by atoms with Crippen LogP contribution in [0.4, 0.5) is 5.13 Å². The number of amides is 2. The Morgan fingerprint density at radius 2 is 1.80 bits per heavy atom. The molecule has 0 unspecified atom stereocenters. The minimum atomic E-state index is -0.316. The van der Waals surface area contributed by atoms with Crippen LogP contribution in [0.2, 0.25) is 0 Å². The van der Waals surface area contributed by atoms with Crippen LogP contribution >= 0.6 is 11.3 Å². The van der Waals surface area contributed by atoms with Gasteiger partial charge >= 0.3 is 0 Å². The van der Waals surface area contributed by atoms with E-state index in [-0.39, 0.29) is 18.2 Å². The van der Waals surface area contributed by atoms with E-state index in [1.807, 2.05) is 30.3 Å². The zero-order valence-corrected chi connectivity index (χ0v) is 17.6. The van der Waals surface area contributed by atoms with Gasteiger partial charge in [0.05, 0.1) is 26.3 Å². The van der Waals surface area contributed by atoms with Crippen molar-refractivity contribution in [1.29, 1.82) is 0 Å². The van der Waals surface area contributed by atoms with E-state index in [2.05, 4.69) is 15.6 Å². The van der Waals surface area contributed by atoms with Gasteiger partial charge in [0, 0.05) is 17.5 Å². The van der Waals surface area contributed by atoms with E-state index < -0.39 is 0 Å². The summed E-state index contributed by atoms with van der Waals surface area (Å²) in [5.41, 5.74) is 2.20. The monoisotopic (exact) mass is 425 g/mol. The Hall–Kier alpha value is -3.39. The third kappa shape index (κ3) is 5.81. The molecule has 0 fully saturated rings. The molecular weight excluding hydrogens is 402 g/mol. The molecular formula is C22H23N3O4S. The number of hydrogen-bond donors (Lipinski definition) is 2. The first-order chi connectivity index (χ1) is 14.6. The molecule has 0 atom stereocenters. The molecule has 0 spiro atoms. The Morgan fingerprint density at radius 1 is 1.03 bits per heavy atom. The van der Waals surface area contributed by atoms with Gasteiger partial charge < -0.3 is 14.8 Å². The lowest BCUT2D eigenvalue weighted by atomic mass is 10.1. The van der Waals surface area contributed by atoms with Crippen LogP contribution in [0.25, 0.3) is 0 Å². The maximum Gasteiger partial charge on any atom is 0.257 e. The molecule has 3 rings (SSSR count). The number of anilines is 1. The maximum atomic E-state index is 12.5. The standard InChI is InChI=1S/C22H23N3O4S/c1-28-18-9-8-16(12-19(18)29-2)21(27)25-22-24-17(14-30-22)13-20(26)23-11-10-15-6-4-3-5-7-15/h3-9,12,14H,10-11,13H2,1-2H3,(H,23,26)(H,24,25,27). The second-order valence-corrected chi connectivity index (χ2v) is 7.29. The lowest BCUT2D eigenvalue weighted by molar-refractivity contribution is -0.120. The number of hydrogen-bond acceptors (Lipinski definition) is 6. The van der Waals surface area contributed by atoms with Crippen LogP contribution in [0.1, 0.15) is 21.6 Å². The number of ether oxygens (including phenoxy) is 2. The van der Waals surface area contributed by atoms with Crippen molar-refractivity contribution in [2.75, 3.05) is 26.1 Å². The molecule has 0 aliphatic carbocycles. The summed E-state index contributed by atoms with van der Waals surface area (Å²) in [6.45, 7) is 0.565. The minimum Gasteiger partial charge on any atom is -0.493 e. The first kappa shape index (κ1) is 21.3. The van der Waals surface area contributed by atoms with Gasteiger partial charge in [-0.25, -0.2) is 4.98 Å². The number of aromatic nitrogens is 1. The van der Waals surface area contributed by atoms with E-state index in [1.165, 1.54) is 31.1 Å². The first-order valence-electron chi connectivity index (χ1n) is 9.37. The van der Waals surface area contributed by atoms with Crippen LogP contribution in [-0.2, 0) is 17.6 Å². The van der Waals surface area contributed by atoms with E-state index in [1.54, 1.807) is 23.6 Å². The summed E-state index contributed by atoms with van der Waals surface area (Å²) in [5, 5.41) is 7.83. The number of rotatable bonds is 9. The van der Waals surface area contributed by atoms with Crippen molar-refractivity contribution in [2.24, 2.45) is 0 Å². The number of nitrogens with one attached hydrogen (secondary N) is 2. The van der Waals surface area contributed by atoms with Crippen molar-refractivity contribution in [2.45, 2.75) is 12.8 Å². The van der Waals surface area contributed by atoms with Crippen molar-refractivity contribution in [3.05, 3.63) is 70.7 Å². The zero-order valence-electron chi connectivity index (χ0n) is 16.8. The number of methoxy groups -OCH3 is 2. The first-order valence-corrected chi connectivity index (χ1v) is 10.3. The van der Waals surface area contributed by atoms with Gasteiger partial charge in [0.2, 0.25) is 5.91 Å². The van der Waals surface area contributed by atoms with E-state index in [4.69, 9.17) is 9.47 Å². The molecule has 0 saturated carbocycles. The van der Waals surface area contributed by atoms with Crippen LogP contribution in [0.3, 0.4) is 0 Å². The van der Waals surface area contributed by atoms with Gasteiger partial charge in [-0.15, -0.1) is 11.3 Å². The summed E-state index contributed by atoms with van der Waals surface area (Å²) >= 11 is 1.27. The number of carbonyl (C=O) groups excluding carboxylic acids is 2. The molecule has 2 amide bonds. The predicted octanol–water partition coefficient (Wildman–Crippen LogP) is 3.31. The lowest BCUT2D eigenvalue weighted by Gasteiger charge is -2.09. The molecule has 30 heavy (non-hydrogen) atoms. The van der Waals surface area contributed by atoms with Crippen LogP contribution < -0.4 is 20.1 Å². The fourth-order valence-corrected chi connectivity index (χ4v) is 3.52. The Labute approximate surface area is 179 Å². The highest BCUT2D eigenvalue weighted by Crippen LogP contribution is 2.28. The molecule has 1 aromatic heterocycles. The number of thiazole rings is 1. The Kier molecular flexibility index (Phi) is 7.40. The highest BCUT2D eigenvalue weighted by molar-refractivity contribution is 7.14. The van der Waals surface area contributed by atoms with E-state index in [0.717, 1.165) is 6.42 Å². The molecule has 0 bridgehead atoms. The average Bonchev–Trinajstić information content (AvgIpc) is 3.20. The molecule has 2 aromatic carbocycles. The van der Waals surface area contributed by atoms with Gasteiger partial charge in [0.15, 0.2) is 16.6 Å². The normalized spacial score (nSPS) is 10.3. The smallest absolute Gasteiger partial charge is 0.257 e. The molecule has 1 heterocycles. The Morgan fingerprint density at radius 3 is 2.53 bits per heavy atom. The molecule has 8 heteroatoms. The minimum absolute atomic E-state index is 0.103. The number of nitrogens with zero attached hydrogens (tertiary/aromatic N) is 1. The summed E-state index contributed by atoms with van der Waals surface area (Å²) in [7, 11) is 3.05. The van der Waals surface area contributed by atoms with Crippen molar-refractivity contribution in [3.8, 4) is 11.5 Å². The van der Waals surface area contributed by atoms with Crippen LogP contribution in [0.5, 0.6) is 11.5 Å². The van der Waals surface area contributed by atoms with Crippen LogP contribution in [0.15, 0.2) is 53.9 Å². The quantitative estimate of drug-likeness (QED) is 0.549. The summed E-state index contributed by atoms with van der Waals surface area (Å²) in [6, 6.07) is 14.9. The van der Waals surface area contributed by atoms with Crippen LogP contribution in [0, 0.1) is 0 Å². The van der Waals surface area contributed by atoms with Crippen LogP contribution in [-0.4, -0.2) is 37.6 Å². The highest BCUT2D eigenvalue weighted by atomic mass is 32.1. The highest BCUT2D eigenvalue weighted by Gasteiger charge is 2.13. The molecule has 0 saturated heterocycles. The third-order valence-electron chi connectivity index (χ3n) is 4.34. The SMILES string of the molecule is COc1ccc(C(=O)Nc2nc(CC(=O)NCCc3ccccc3)cs2)cc1OC. The molecule has 3 aromatic rings. The van der Waals surface area contributed by atoms with Gasteiger partial charge in [-0.3, -0.25) is 14.9 Å². The van der Waals surface area contributed by atoms with Gasteiger partial charge in [0.25, 0.3) is 5.91 Å². The fraction of sp³-hybridized carbons (Fsp3) is 0.227. The largest absolute Gasteiger partial charge is 0.493 e. The Bertz CT molecular complexity index is 1000. The van der Waals surface area contributed by atoms with Crippen molar-refractivity contribution >= 4 is 28.3 Å². The predicted molar refractivity (Wildman–Crippen MR) is 116 cm³/mol. The molecule has 0 aliphatic rings. The zero-order chi connectivity index (χ0) is 21.3. The van der Waals surface area contributed by atoms with Gasteiger partial charge in [0.1, 0.15) is 0 Å². The van der Waals surface area contributed by atoms with Gasteiger partial charge in [-0.2, -0.15) is 0 Å². The summed E-state index contributed by atoms with van der Waals surface area (Å²) in [6.07, 6.45) is 0.938. The topological polar surface area (TPSA) is 89.5 Å². The number of carbonyl (C=O) groups is 2. The van der Waals surface area contributed by atoms with Crippen molar-refractivity contribution < 1.29 is 19.1 Å². The molecule has 2 N–H and O–H groups in total. The third-order valence-corrected chi connectivity index (χ3v) is 5.14. The molecule has 156 valence electrons. The molecule has 0 radical (unpaired) electrons. The fourth-order valence-electron chi connectivity index (χ4n) is 2.81. The van der Waals surface area contributed by atoms with Gasteiger partial charge in [-0.1, -0.05) is 30.3 Å². The second-order valence-electron chi connectivity index (χ2n) is 6.43. The summed E-state index contributed by atoms with van der Waals surface area (Å²) < 4.78 is 10.4. The second kappa shape index (κ2) is 10.4. The van der Waals surface area contributed by atoms with Crippen molar-refractivity contribution in [1.82, 2.24) is 10.3 Å². The summed E-state index contributed by atoms with van der Waals surface area (Å²) in [5.74, 6) is 0.596. The number of benzene rings is 2. The van der Waals surface area contributed by atoms with E-state index in [0.29, 0.717) is 34.4 Å². The van der Waals surface area contributed by atoms with E-state index >= 15 is 0 Å². The lowest BCUT2D eigenvalue weighted by Crippen LogP contribution is -2.27. The summed E-state index contributed by atoms with van der Waals surface area (Å²) in [4.78, 5) is 28.9. The average molecular weight is 426 g/mol.